The molecule has 0 aliphatic carbocycles. The number of aromatic nitrogens is 2. The summed E-state index contributed by atoms with van der Waals surface area (Å²) in [5.41, 5.74) is 0.0364. The maximum absolute atomic E-state index is 12.6. The number of fused-ring (bicyclic) bond motifs is 1. The van der Waals surface area contributed by atoms with E-state index in [4.69, 9.17) is 16.3 Å². The largest absolute Gasteiger partial charge is 0.478 e. The number of ether oxygens (including phenoxy) is 1. The minimum Gasteiger partial charge on any atom is -0.478 e. The molecule has 11 heteroatoms. The van der Waals surface area contributed by atoms with Gasteiger partial charge in [-0.2, -0.15) is 5.10 Å². The predicted molar refractivity (Wildman–Crippen MR) is 102 cm³/mol. The molecular weight excluding hydrogens is 408 g/mol. The van der Waals surface area contributed by atoms with Crippen molar-refractivity contribution in [1.82, 2.24) is 14.5 Å². The van der Waals surface area contributed by atoms with E-state index in [1.807, 2.05) is 11.6 Å². The van der Waals surface area contributed by atoms with Crippen molar-refractivity contribution in [3.63, 3.8) is 0 Å². The molecule has 0 bridgehead atoms. The number of sulfonamides is 1. The van der Waals surface area contributed by atoms with Crippen LogP contribution in [0.5, 0.6) is 5.75 Å². The lowest BCUT2D eigenvalue weighted by atomic mass is 10.2. The summed E-state index contributed by atoms with van der Waals surface area (Å²) >= 11 is 5.99. The zero-order chi connectivity index (χ0) is 20.5. The number of nitrogens with zero attached hydrogens (tertiary/aromatic N) is 2. The highest BCUT2D eigenvalue weighted by atomic mass is 35.5. The number of amides is 2. The minimum absolute atomic E-state index is 0.0536. The fourth-order valence-electron chi connectivity index (χ4n) is 2.69. The summed E-state index contributed by atoms with van der Waals surface area (Å²) in [7, 11) is -4.21. The second kappa shape index (κ2) is 7.80. The highest BCUT2D eigenvalue weighted by Crippen LogP contribution is 2.32. The number of anilines is 1. The molecule has 9 nitrogen and oxygen atoms in total. The van der Waals surface area contributed by atoms with E-state index in [0.717, 1.165) is 6.42 Å². The van der Waals surface area contributed by atoms with Crippen LogP contribution in [0.15, 0.2) is 29.3 Å². The number of nitrogens with one attached hydrogen (secondary N) is 2. The lowest BCUT2D eigenvalue weighted by Crippen LogP contribution is -2.36. The van der Waals surface area contributed by atoms with Crippen molar-refractivity contribution < 1.29 is 22.7 Å². The Bertz CT molecular complexity index is 1030. The molecule has 150 valence electrons. The molecule has 1 aliphatic rings. The Hall–Kier alpha value is -2.59. The van der Waals surface area contributed by atoms with Gasteiger partial charge < -0.3 is 10.1 Å². The maximum Gasteiger partial charge on any atom is 0.287 e. The zero-order valence-corrected chi connectivity index (χ0v) is 16.8. The molecule has 0 saturated carbocycles. The maximum atomic E-state index is 12.6. The van der Waals surface area contributed by atoms with Crippen molar-refractivity contribution in [2.45, 2.75) is 44.2 Å². The Labute approximate surface area is 167 Å². The van der Waals surface area contributed by atoms with Crippen LogP contribution in [-0.4, -0.2) is 36.1 Å². The smallest absolute Gasteiger partial charge is 0.287 e. The van der Waals surface area contributed by atoms with Crippen molar-refractivity contribution >= 4 is 39.1 Å². The molecule has 0 fully saturated rings. The molecule has 1 aromatic heterocycles. The number of hydrogen-bond acceptors (Lipinski definition) is 6. The molecule has 2 heterocycles. The average molecular weight is 427 g/mol. The van der Waals surface area contributed by atoms with Crippen molar-refractivity contribution in [3.05, 3.63) is 35.1 Å². The van der Waals surface area contributed by atoms with Gasteiger partial charge in [-0.05, 0) is 31.0 Å². The normalized spacial score (nSPS) is 16.1. The standard InChI is InChI=1S/C17H19ClN4O5S/c1-3-7-22-9-11(18)15(20-22)17(24)21-28(25,26)10-5-6-14-12(8-10)19-16(23)13(4-2)27-14/h5-6,8-9,13H,3-4,7H2,1-2H3,(H,19,23)(H,21,24). The topological polar surface area (TPSA) is 119 Å². The molecule has 2 aromatic rings. The third-order valence-corrected chi connectivity index (χ3v) is 5.67. The lowest BCUT2D eigenvalue weighted by Gasteiger charge is -2.25. The van der Waals surface area contributed by atoms with Crippen LogP contribution in [0, 0.1) is 0 Å². The number of benzene rings is 1. The van der Waals surface area contributed by atoms with Gasteiger partial charge in [0.05, 0.1) is 15.6 Å². The summed E-state index contributed by atoms with van der Waals surface area (Å²) in [5, 5.41) is 6.67. The van der Waals surface area contributed by atoms with E-state index < -0.39 is 22.0 Å². The Balaban J connectivity index is 1.83. The molecule has 28 heavy (non-hydrogen) atoms. The SMILES string of the molecule is CCCn1cc(Cl)c(C(=O)NS(=O)(=O)c2ccc3c(c2)NC(=O)C(CC)O3)n1. The van der Waals surface area contributed by atoms with Crippen LogP contribution < -0.4 is 14.8 Å². The fraction of sp³-hybridized carbons (Fsp3) is 0.353. The summed E-state index contributed by atoms with van der Waals surface area (Å²) in [6, 6.07) is 3.95. The average Bonchev–Trinajstić information content (AvgIpc) is 3.01. The molecule has 1 unspecified atom stereocenters. The summed E-state index contributed by atoms with van der Waals surface area (Å²) in [4.78, 5) is 24.1. The molecule has 0 spiro atoms. The van der Waals surface area contributed by atoms with Gasteiger partial charge in [0.25, 0.3) is 21.8 Å². The first-order chi connectivity index (χ1) is 13.2. The van der Waals surface area contributed by atoms with E-state index in [-0.39, 0.29) is 27.2 Å². The van der Waals surface area contributed by atoms with Gasteiger partial charge in [-0.3, -0.25) is 14.3 Å². The number of hydrogen-bond donors (Lipinski definition) is 2. The van der Waals surface area contributed by atoms with Crippen molar-refractivity contribution in [2.24, 2.45) is 0 Å². The number of carbonyl (C=O) groups is 2. The summed E-state index contributed by atoms with van der Waals surface area (Å²) in [6.45, 7) is 4.28. The zero-order valence-electron chi connectivity index (χ0n) is 15.2. The van der Waals surface area contributed by atoms with Crippen LogP contribution in [0.1, 0.15) is 37.2 Å². The van der Waals surface area contributed by atoms with E-state index >= 15 is 0 Å². The van der Waals surface area contributed by atoms with E-state index in [1.54, 1.807) is 6.92 Å². The number of halogens is 1. The first-order valence-electron chi connectivity index (χ1n) is 8.66. The lowest BCUT2D eigenvalue weighted by molar-refractivity contribution is -0.123. The van der Waals surface area contributed by atoms with Crippen LogP contribution in [0.3, 0.4) is 0 Å². The van der Waals surface area contributed by atoms with Gasteiger partial charge >= 0.3 is 0 Å². The van der Waals surface area contributed by atoms with Crippen molar-refractivity contribution in [3.8, 4) is 5.75 Å². The Morgan fingerprint density at radius 1 is 1.39 bits per heavy atom. The second-order valence-electron chi connectivity index (χ2n) is 6.19. The molecule has 0 radical (unpaired) electrons. The van der Waals surface area contributed by atoms with Gasteiger partial charge in [0, 0.05) is 12.7 Å². The molecule has 3 rings (SSSR count). The van der Waals surface area contributed by atoms with Crippen molar-refractivity contribution in [2.75, 3.05) is 5.32 Å². The third kappa shape index (κ3) is 3.97. The molecule has 1 aliphatic heterocycles. The summed E-state index contributed by atoms with van der Waals surface area (Å²) in [5.74, 6) is -0.941. The van der Waals surface area contributed by atoms with Crippen molar-refractivity contribution in [1.29, 1.82) is 0 Å². The van der Waals surface area contributed by atoms with Crippen LogP contribution in [0.4, 0.5) is 5.69 Å². The number of aryl methyl sites for hydroxylation is 1. The minimum atomic E-state index is -4.21. The highest BCUT2D eigenvalue weighted by molar-refractivity contribution is 7.90. The fourth-order valence-corrected chi connectivity index (χ4v) is 3.90. The Morgan fingerprint density at radius 3 is 2.82 bits per heavy atom. The summed E-state index contributed by atoms with van der Waals surface area (Å²) < 4.78 is 34.1. The van der Waals surface area contributed by atoms with Gasteiger partial charge in [-0.1, -0.05) is 25.4 Å². The molecular formula is C17H19ClN4O5S. The second-order valence-corrected chi connectivity index (χ2v) is 8.27. The van der Waals surface area contributed by atoms with E-state index in [9.17, 15) is 18.0 Å². The quantitative estimate of drug-likeness (QED) is 0.730. The summed E-state index contributed by atoms with van der Waals surface area (Å²) in [6.07, 6.45) is 2.09. The number of rotatable bonds is 6. The Morgan fingerprint density at radius 2 is 2.14 bits per heavy atom. The first-order valence-corrected chi connectivity index (χ1v) is 10.5. The van der Waals surface area contributed by atoms with E-state index in [2.05, 4.69) is 10.4 Å². The van der Waals surface area contributed by atoms with Gasteiger partial charge in [-0.15, -0.1) is 0 Å². The molecule has 1 aromatic carbocycles. The molecule has 2 amide bonds. The molecule has 2 N–H and O–H groups in total. The van der Waals surface area contributed by atoms with Crippen LogP contribution in [0.2, 0.25) is 5.02 Å². The van der Waals surface area contributed by atoms with Gasteiger partial charge in [0.15, 0.2) is 11.8 Å². The van der Waals surface area contributed by atoms with Crippen LogP contribution >= 0.6 is 11.6 Å². The highest BCUT2D eigenvalue weighted by Gasteiger charge is 2.29. The predicted octanol–water partition coefficient (Wildman–Crippen LogP) is 2.17. The van der Waals surface area contributed by atoms with Gasteiger partial charge in [-0.25, -0.2) is 13.1 Å². The van der Waals surface area contributed by atoms with E-state index in [1.165, 1.54) is 29.1 Å². The Kier molecular flexibility index (Phi) is 5.61. The van der Waals surface area contributed by atoms with E-state index in [0.29, 0.717) is 18.7 Å². The van der Waals surface area contributed by atoms with Crippen LogP contribution in [0.25, 0.3) is 0 Å². The van der Waals surface area contributed by atoms with Gasteiger partial charge in [0.2, 0.25) is 0 Å². The number of carbonyl (C=O) groups excluding carboxylic acids is 2. The molecule has 0 saturated heterocycles. The van der Waals surface area contributed by atoms with Gasteiger partial charge in [0.1, 0.15) is 5.75 Å². The molecule has 1 atom stereocenters. The third-order valence-electron chi connectivity index (χ3n) is 4.06. The monoisotopic (exact) mass is 426 g/mol. The first kappa shape index (κ1) is 20.2. The van der Waals surface area contributed by atoms with Crippen LogP contribution in [-0.2, 0) is 21.4 Å².